The highest BCUT2D eigenvalue weighted by molar-refractivity contribution is 6.30. The number of nitrogens with zero attached hydrogens (tertiary/aromatic N) is 1. The fourth-order valence-corrected chi connectivity index (χ4v) is 9.41. The van der Waals surface area contributed by atoms with Crippen molar-refractivity contribution in [1.82, 2.24) is 5.06 Å². The molecule has 0 aromatic heterocycles. The number of aliphatic hydroxyl groups is 2. The molecule has 1 aromatic rings. The Morgan fingerprint density at radius 2 is 1.90 bits per heavy atom. The lowest BCUT2D eigenvalue weighted by molar-refractivity contribution is -0.289. The molecule has 4 aliphatic carbocycles. The summed E-state index contributed by atoms with van der Waals surface area (Å²) in [5.41, 5.74) is -6.36. The minimum Gasteiger partial charge on any atom is -0.390 e. The molecule has 1 aliphatic heterocycles. The number of Topliss-reactive ketones (excluding diaryl/α,β-unsaturated/α-hetero) is 1. The second-order valence-corrected chi connectivity index (χ2v) is 13.2. The van der Waals surface area contributed by atoms with E-state index in [1.54, 1.807) is 24.1 Å². The van der Waals surface area contributed by atoms with Crippen molar-refractivity contribution in [2.75, 3.05) is 13.2 Å². The molecule has 2 N–H and O–H groups in total. The average Bonchev–Trinajstić information content (AvgIpc) is 3.33. The third-order valence-corrected chi connectivity index (χ3v) is 11.5. The summed E-state index contributed by atoms with van der Waals surface area (Å²) in [6.45, 7) is 5.24. The SMILES string of the molecule is C[C@]12C[C@H](O)[C@@]3(F)[C@@H](C[C@H](F)C4=CC(=O)C=C[C@@]43C)[C@]1(C)C[C@H]1CN(Cc3ccc(Cl)cc3)O[C@]12C(=O)CO. The van der Waals surface area contributed by atoms with Gasteiger partial charge in [0.25, 0.3) is 0 Å². The quantitative estimate of drug-likeness (QED) is 0.569. The van der Waals surface area contributed by atoms with E-state index in [4.69, 9.17) is 16.4 Å². The van der Waals surface area contributed by atoms with Gasteiger partial charge in [-0.2, -0.15) is 5.06 Å². The Kier molecular flexibility index (Phi) is 5.95. The summed E-state index contributed by atoms with van der Waals surface area (Å²) in [6.07, 6.45) is 0.727. The molecule has 1 aromatic carbocycles. The van der Waals surface area contributed by atoms with E-state index in [2.05, 4.69) is 0 Å². The molecule has 9 heteroatoms. The van der Waals surface area contributed by atoms with Crippen molar-refractivity contribution >= 4 is 23.2 Å². The Morgan fingerprint density at radius 3 is 2.56 bits per heavy atom. The van der Waals surface area contributed by atoms with Crippen LogP contribution in [0.1, 0.15) is 45.6 Å². The van der Waals surface area contributed by atoms with Crippen molar-refractivity contribution < 1.29 is 33.4 Å². The van der Waals surface area contributed by atoms with Crippen LogP contribution in [0.4, 0.5) is 8.78 Å². The summed E-state index contributed by atoms with van der Waals surface area (Å²) in [5, 5.41) is 24.1. The molecule has 3 saturated carbocycles. The fourth-order valence-electron chi connectivity index (χ4n) is 9.28. The van der Waals surface area contributed by atoms with Crippen LogP contribution < -0.4 is 0 Å². The molecular weight excluding hydrogens is 528 g/mol. The number of carbonyl (C=O) groups excluding carboxylic acids is 2. The van der Waals surface area contributed by atoms with Gasteiger partial charge in [0.15, 0.2) is 22.8 Å². The van der Waals surface area contributed by atoms with Crippen LogP contribution in [0.2, 0.25) is 5.02 Å². The molecule has 0 amide bonds. The summed E-state index contributed by atoms with van der Waals surface area (Å²) in [5.74, 6) is -2.28. The van der Waals surface area contributed by atoms with Crippen molar-refractivity contribution in [3.63, 3.8) is 0 Å². The Labute approximate surface area is 231 Å². The van der Waals surface area contributed by atoms with E-state index in [0.717, 1.165) is 5.56 Å². The second kappa shape index (κ2) is 8.52. The Morgan fingerprint density at radius 1 is 1.21 bits per heavy atom. The summed E-state index contributed by atoms with van der Waals surface area (Å²) in [6, 6.07) is 7.27. The van der Waals surface area contributed by atoms with Gasteiger partial charge in [0.05, 0.1) is 6.10 Å². The zero-order valence-electron chi connectivity index (χ0n) is 22.3. The molecule has 0 bridgehead atoms. The first kappa shape index (κ1) is 27.2. The van der Waals surface area contributed by atoms with Gasteiger partial charge in [0, 0.05) is 40.8 Å². The van der Waals surface area contributed by atoms with E-state index in [9.17, 15) is 19.8 Å². The molecule has 210 valence electrons. The van der Waals surface area contributed by atoms with E-state index in [0.29, 0.717) is 24.5 Å². The van der Waals surface area contributed by atoms with E-state index in [1.807, 2.05) is 26.0 Å². The number of ketones is 2. The predicted molar refractivity (Wildman–Crippen MR) is 140 cm³/mol. The van der Waals surface area contributed by atoms with Gasteiger partial charge in [0.2, 0.25) is 0 Å². The zero-order valence-corrected chi connectivity index (χ0v) is 23.0. The fraction of sp³-hybridized carbons (Fsp3) is 0.600. The highest BCUT2D eigenvalue weighted by atomic mass is 35.5. The molecule has 4 fully saturated rings. The Balaban J connectivity index is 1.43. The minimum absolute atomic E-state index is 0.0599. The lowest BCUT2D eigenvalue weighted by Crippen LogP contribution is -2.73. The normalized spacial score (nSPS) is 46.8. The van der Waals surface area contributed by atoms with Gasteiger partial charge < -0.3 is 10.2 Å². The molecule has 0 spiro atoms. The molecule has 1 heterocycles. The lowest BCUT2D eigenvalue weighted by atomic mass is 9.39. The predicted octanol–water partition coefficient (Wildman–Crippen LogP) is 4.32. The number of allylic oxidation sites excluding steroid dienone is 4. The van der Waals surface area contributed by atoms with Crippen LogP contribution in [-0.4, -0.2) is 63.5 Å². The van der Waals surface area contributed by atoms with Gasteiger partial charge in [0.1, 0.15) is 12.8 Å². The highest BCUT2D eigenvalue weighted by Gasteiger charge is 2.83. The molecule has 9 atom stereocenters. The maximum Gasteiger partial charge on any atom is 0.192 e. The lowest BCUT2D eigenvalue weighted by Gasteiger charge is -2.67. The van der Waals surface area contributed by atoms with Gasteiger partial charge in [-0.25, -0.2) is 8.78 Å². The summed E-state index contributed by atoms with van der Waals surface area (Å²) >= 11 is 6.03. The monoisotopic (exact) mass is 561 g/mol. The smallest absolute Gasteiger partial charge is 0.192 e. The number of hydrogen-bond donors (Lipinski definition) is 2. The Hall–Kier alpha value is -1.97. The van der Waals surface area contributed by atoms with Crippen LogP contribution in [0.25, 0.3) is 0 Å². The van der Waals surface area contributed by atoms with Crippen LogP contribution >= 0.6 is 11.6 Å². The van der Waals surface area contributed by atoms with Crippen LogP contribution in [0.3, 0.4) is 0 Å². The third-order valence-electron chi connectivity index (χ3n) is 11.3. The summed E-state index contributed by atoms with van der Waals surface area (Å²) in [4.78, 5) is 32.3. The number of fused-ring (bicyclic) bond motifs is 7. The Bertz CT molecular complexity index is 1300. The second-order valence-electron chi connectivity index (χ2n) is 12.8. The van der Waals surface area contributed by atoms with Crippen molar-refractivity contribution in [3.8, 4) is 0 Å². The topological polar surface area (TPSA) is 87.1 Å². The number of aliphatic hydroxyl groups excluding tert-OH is 2. The van der Waals surface area contributed by atoms with E-state index < -0.39 is 69.8 Å². The minimum atomic E-state index is -2.27. The van der Waals surface area contributed by atoms with Gasteiger partial charge in [-0.1, -0.05) is 43.7 Å². The number of carbonyl (C=O) groups is 2. The van der Waals surface area contributed by atoms with Crippen molar-refractivity contribution in [2.45, 2.75) is 70.1 Å². The third kappa shape index (κ3) is 3.21. The van der Waals surface area contributed by atoms with E-state index >= 15 is 8.78 Å². The first-order chi connectivity index (χ1) is 18.3. The molecule has 6 rings (SSSR count). The first-order valence-corrected chi connectivity index (χ1v) is 13.9. The summed E-state index contributed by atoms with van der Waals surface area (Å²) in [7, 11) is 0. The summed E-state index contributed by atoms with van der Waals surface area (Å²) < 4.78 is 33.5. The number of hydrogen-bond acceptors (Lipinski definition) is 6. The number of halogens is 3. The van der Waals surface area contributed by atoms with Crippen LogP contribution in [0.15, 0.2) is 48.1 Å². The number of hydroxylamine groups is 2. The van der Waals surface area contributed by atoms with Crippen molar-refractivity contribution in [2.24, 2.45) is 28.1 Å². The van der Waals surface area contributed by atoms with Gasteiger partial charge in [-0.3, -0.25) is 14.4 Å². The molecule has 0 radical (unpaired) electrons. The molecule has 1 saturated heterocycles. The van der Waals surface area contributed by atoms with Crippen molar-refractivity contribution in [1.29, 1.82) is 0 Å². The van der Waals surface area contributed by atoms with E-state index in [1.165, 1.54) is 18.2 Å². The molecule has 6 nitrogen and oxygen atoms in total. The van der Waals surface area contributed by atoms with Gasteiger partial charge >= 0.3 is 0 Å². The van der Waals surface area contributed by atoms with Crippen LogP contribution in [0.5, 0.6) is 0 Å². The largest absolute Gasteiger partial charge is 0.390 e. The molecule has 0 unspecified atom stereocenters. The van der Waals surface area contributed by atoms with Gasteiger partial charge in [-0.05, 0) is 67.0 Å². The van der Waals surface area contributed by atoms with Crippen LogP contribution in [0, 0.1) is 28.1 Å². The maximum absolute atomic E-state index is 17.6. The molecule has 39 heavy (non-hydrogen) atoms. The zero-order chi connectivity index (χ0) is 28.2. The first-order valence-electron chi connectivity index (χ1n) is 13.6. The van der Waals surface area contributed by atoms with Crippen LogP contribution in [-0.2, 0) is 21.0 Å². The number of rotatable bonds is 4. The maximum atomic E-state index is 17.6. The number of benzene rings is 1. The standard InChI is InChI=1S/C30H34ClF2NO5/c1-26-9-8-20(36)10-21(26)22(32)11-23-27(2)12-18-15-34(14-17-4-6-19(31)7-5-17)39-30(18,25(38)16-35)28(27,3)13-24(37)29(23,26)33/h4-10,18,22-24,35,37H,11-16H2,1-3H3/t18-,22-,23-,24-,26-,27-,28-,29-,30-/m0/s1. The van der Waals surface area contributed by atoms with E-state index in [-0.39, 0.29) is 18.4 Å². The number of alkyl halides is 2. The molecular formula is C30H34ClF2NO5. The molecule has 5 aliphatic rings. The van der Waals surface area contributed by atoms with Gasteiger partial charge in [-0.15, -0.1) is 0 Å². The average molecular weight is 562 g/mol. The van der Waals surface area contributed by atoms with Crippen molar-refractivity contribution in [3.05, 3.63) is 58.7 Å². The highest BCUT2D eigenvalue weighted by Crippen LogP contribution is 2.77.